The standard InChI is InChI=1S/C33H37N5O2/c1-38(2)32-28-10-6-7-11-29(28)36-33(37-32)35-27-18-12-23(13-19-27)22-34-31(40)21-20-30(39)26-16-14-25(15-17-26)24-8-4-3-5-9-24/h3-11,14-17,23,27H,12-13,18-22H2,1-2H3,(H,34,40)(H,35,36,37). The SMILES string of the molecule is CN(C)c1nc(NC2CCC(CNC(=O)CCC(=O)c3ccc(-c4ccccc4)cc3)CC2)nc2ccccc12. The van der Waals surface area contributed by atoms with Gasteiger partial charge in [-0.3, -0.25) is 9.59 Å². The molecule has 0 unspecified atom stereocenters. The van der Waals surface area contributed by atoms with Gasteiger partial charge in [0.2, 0.25) is 11.9 Å². The quantitative estimate of drug-likeness (QED) is 0.238. The van der Waals surface area contributed by atoms with E-state index in [1.54, 1.807) is 0 Å². The number of ketones is 1. The molecule has 1 amide bonds. The van der Waals surface area contributed by atoms with E-state index < -0.39 is 0 Å². The number of fused-ring (bicyclic) bond motifs is 1. The maximum atomic E-state index is 12.6. The van der Waals surface area contributed by atoms with Crippen molar-refractivity contribution < 1.29 is 9.59 Å². The number of hydrogen-bond acceptors (Lipinski definition) is 6. The molecule has 7 heteroatoms. The van der Waals surface area contributed by atoms with Crippen LogP contribution in [0.4, 0.5) is 11.8 Å². The zero-order valence-electron chi connectivity index (χ0n) is 23.3. The van der Waals surface area contributed by atoms with E-state index in [1.807, 2.05) is 97.9 Å². The molecule has 0 spiro atoms. The molecular formula is C33H37N5O2. The molecule has 1 aliphatic carbocycles. The summed E-state index contributed by atoms with van der Waals surface area (Å²) in [5, 5.41) is 7.64. The Morgan fingerprint density at radius 1 is 0.800 bits per heavy atom. The van der Waals surface area contributed by atoms with Gasteiger partial charge >= 0.3 is 0 Å². The molecule has 5 rings (SSSR count). The van der Waals surface area contributed by atoms with Gasteiger partial charge in [0, 0.05) is 50.5 Å². The average Bonchev–Trinajstić information content (AvgIpc) is 2.99. The number of rotatable bonds is 10. The Bertz CT molecular complexity index is 1450. The number of amides is 1. The number of carbonyl (C=O) groups is 2. The molecule has 0 radical (unpaired) electrons. The van der Waals surface area contributed by atoms with Gasteiger partial charge in [0.15, 0.2) is 5.78 Å². The van der Waals surface area contributed by atoms with Crippen LogP contribution < -0.4 is 15.5 Å². The van der Waals surface area contributed by atoms with Gasteiger partial charge in [-0.25, -0.2) is 4.98 Å². The molecule has 1 saturated carbocycles. The fourth-order valence-electron chi connectivity index (χ4n) is 5.36. The molecule has 1 heterocycles. The molecule has 0 saturated heterocycles. The second-order valence-corrected chi connectivity index (χ2v) is 10.8. The molecule has 0 atom stereocenters. The molecule has 1 fully saturated rings. The number of benzene rings is 3. The first kappa shape index (κ1) is 27.3. The summed E-state index contributed by atoms with van der Waals surface area (Å²) in [7, 11) is 3.99. The molecule has 2 N–H and O–H groups in total. The zero-order valence-corrected chi connectivity index (χ0v) is 23.3. The van der Waals surface area contributed by atoms with Crippen molar-refractivity contribution in [1.29, 1.82) is 0 Å². The lowest BCUT2D eigenvalue weighted by Crippen LogP contribution is -2.34. The summed E-state index contributed by atoms with van der Waals surface area (Å²) in [6.45, 7) is 0.656. The van der Waals surface area contributed by atoms with Gasteiger partial charge in [0.25, 0.3) is 0 Å². The number of hydrogen-bond donors (Lipinski definition) is 2. The molecule has 4 aromatic rings. The first-order valence-corrected chi connectivity index (χ1v) is 14.1. The maximum absolute atomic E-state index is 12.6. The Morgan fingerprint density at radius 3 is 2.20 bits per heavy atom. The molecule has 3 aromatic carbocycles. The van der Waals surface area contributed by atoms with Crippen LogP contribution in [0, 0.1) is 5.92 Å². The van der Waals surface area contributed by atoms with E-state index in [-0.39, 0.29) is 24.5 Å². The van der Waals surface area contributed by atoms with Crippen LogP contribution in [0.5, 0.6) is 0 Å². The van der Waals surface area contributed by atoms with Crippen molar-refractivity contribution in [1.82, 2.24) is 15.3 Å². The Hall–Kier alpha value is -4.26. The van der Waals surface area contributed by atoms with Gasteiger partial charge in [-0.2, -0.15) is 4.98 Å². The van der Waals surface area contributed by atoms with Crippen LogP contribution in [0.3, 0.4) is 0 Å². The van der Waals surface area contributed by atoms with Crippen LogP contribution in [0.2, 0.25) is 0 Å². The van der Waals surface area contributed by atoms with E-state index >= 15 is 0 Å². The minimum Gasteiger partial charge on any atom is -0.362 e. The molecule has 206 valence electrons. The third-order valence-electron chi connectivity index (χ3n) is 7.67. The summed E-state index contributed by atoms with van der Waals surface area (Å²) in [5.41, 5.74) is 3.77. The van der Waals surface area contributed by atoms with E-state index in [0.29, 0.717) is 30.0 Å². The molecule has 1 aromatic heterocycles. The molecular weight excluding hydrogens is 498 g/mol. The van der Waals surface area contributed by atoms with Crippen LogP contribution in [-0.2, 0) is 4.79 Å². The molecule has 1 aliphatic rings. The van der Waals surface area contributed by atoms with E-state index in [4.69, 9.17) is 9.97 Å². The van der Waals surface area contributed by atoms with Crippen LogP contribution in [0.15, 0.2) is 78.9 Å². The minimum absolute atomic E-state index is 0.00493. The first-order valence-electron chi connectivity index (χ1n) is 14.1. The minimum atomic E-state index is -0.0599. The summed E-state index contributed by atoms with van der Waals surface area (Å²) in [6, 6.07) is 26.1. The zero-order chi connectivity index (χ0) is 27.9. The predicted octanol–water partition coefficient (Wildman–Crippen LogP) is 6.11. The van der Waals surface area contributed by atoms with Crippen molar-refractivity contribution in [3.63, 3.8) is 0 Å². The summed E-state index contributed by atoms with van der Waals surface area (Å²) in [5.74, 6) is 1.95. The second kappa shape index (κ2) is 12.7. The number of aromatic nitrogens is 2. The third-order valence-corrected chi connectivity index (χ3v) is 7.67. The summed E-state index contributed by atoms with van der Waals surface area (Å²) >= 11 is 0. The van der Waals surface area contributed by atoms with Gasteiger partial charge < -0.3 is 15.5 Å². The summed E-state index contributed by atoms with van der Waals surface area (Å²) in [4.78, 5) is 36.6. The largest absolute Gasteiger partial charge is 0.362 e. The van der Waals surface area contributed by atoms with E-state index in [0.717, 1.165) is 53.5 Å². The number of anilines is 2. The van der Waals surface area contributed by atoms with Crippen molar-refractivity contribution in [2.24, 2.45) is 5.92 Å². The first-order chi connectivity index (χ1) is 19.5. The lowest BCUT2D eigenvalue weighted by atomic mass is 9.86. The van der Waals surface area contributed by atoms with Gasteiger partial charge in [-0.15, -0.1) is 0 Å². The number of para-hydroxylation sites is 1. The fraction of sp³-hybridized carbons (Fsp3) is 0.333. The number of carbonyl (C=O) groups excluding carboxylic acids is 2. The highest BCUT2D eigenvalue weighted by atomic mass is 16.2. The highest BCUT2D eigenvalue weighted by molar-refractivity contribution is 5.98. The van der Waals surface area contributed by atoms with Crippen molar-refractivity contribution in [3.05, 3.63) is 84.4 Å². The predicted molar refractivity (Wildman–Crippen MR) is 162 cm³/mol. The molecule has 0 aliphatic heterocycles. The van der Waals surface area contributed by atoms with Gasteiger partial charge in [0.05, 0.1) is 5.52 Å². The van der Waals surface area contributed by atoms with Crippen LogP contribution in [0.25, 0.3) is 22.0 Å². The summed E-state index contributed by atoms with van der Waals surface area (Å²) < 4.78 is 0. The average molecular weight is 536 g/mol. The molecule has 7 nitrogen and oxygen atoms in total. The van der Waals surface area contributed by atoms with E-state index in [2.05, 4.69) is 10.6 Å². The van der Waals surface area contributed by atoms with Crippen molar-refractivity contribution in [3.8, 4) is 11.1 Å². The maximum Gasteiger partial charge on any atom is 0.225 e. The van der Waals surface area contributed by atoms with E-state index in [9.17, 15) is 9.59 Å². The Kier molecular flexibility index (Phi) is 8.69. The number of Topliss-reactive ketones (excluding diaryl/α,β-unsaturated/α-hetero) is 1. The number of nitrogens with one attached hydrogen (secondary N) is 2. The summed E-state index contributed by atoms with van der Waals surface area (Å²) in [6.07, 6.45) is 4.49. The normalized spacial score (nSPS) is 16.9. The van der Waals surface area contributed by atoms with Crippen LogP contribution >= 0.6 is 0 Å². The Balaban J connectivity index is 1.04. The molecule has 0 bridgehead atoms. The van der Waals surface area contributed by atoms with Crippen molar-refractivity contribution in [2.45, 2.75) is 44.6 Å². The molecule has 40 heavy (non-hydrogen) atoms. The van der Waals surface area contributed by atoms with Crippen molar-refractivity contribution in [2.75, 3.05) is 30.9 Å². The monoisotopic (exact) mass is 535 g/mol. The topological polar surface area (TPSA) is 87.2 Å². The highest BCUT2D eigenvalue weighted by Crippen LogP contribution is 2.28. The van der Waals surface area contributed by atoms with Gasteiger partial charge in [-0.1, -0.05) is 66.7 Å². The Morgan fingerprint density at radius 2 is 1.48 bits per heavy atom. The van der Waals surface area contributed by atoms with Gasteiger partial charge in [-0.05, 0) is 54.9 Å². The lowest BCUT2D eigenvalue weighted by Gasteiger charge is -2.29. The van der Waals surface area contributed by atoms with Crippen LogP contribution in [-0.4, -0.2) is 48.3 Å². The Labute approximate surface area is 236 Å². The van der Waals surface area contributed by atoms with Gasteiger partial charge in [0.1, 0.15) is 5.82 Å². The highest BCUT2D eigenvalue weighted by Gasteiger charge is 2.23. The smallest absolute Gasteiger partial charge is 0.225 e. The van der Waals surface area contributed by atoms with Crippen molar-refractivity contribution >= 4 is 34.4 Å². The lowest BCUT2D eigenvalue weighted by molar-refractivity contribution is -0.121. The fourth-order valence-corrected chi connectivity index (χ4v) is 5.36. The van der Waals surface area contributed by atoms with E-state index in [1.165, 1.54) is 0 Å². The second-order valence-electron chi connectivity index (χ2n) is 10.8. The number of nitrogens with zero attached hydrogens (tertiary/aromatic N) is 3. The van der Waals surface area contributed by atoms with Crippen LogP contribution in [0.1, 0.15) is 48.9 Å². The third kappa shape index (κ3) is 6.84.